The Balaban J connectivity index is 2.94. The molecule has 0 aromatic carbocycles. The van der Waals surface area contributed by atoms with Crippen LogP contribution < -0.4 is 11.3 Å². The van der Waals surface area contributed by atoms with Crippen LogP contribution in [0.3, 0.4) is 0 Å². The molecule has 1 aromatic rings. The molecule has 1 heterocycles. The van der Waals surface area contributed by atoms with Gasteiger partial charge in [-0.25, -0.2) is 0 Å². The van der Waals surface area contributed by atoms with Crippen molar-refractivity contribution in [1.82, 2.24) is 10.4 Å². The SMILES string of the molecule is CC#CCC(NN)c1ccc(C)nc1C. The van der Waals surface area contributed by atoms with Crippen LogP contribution >= 0.6 is 0 Å². The van der Waals surface area contributed by atoms with Crippen LogP contribution in [0, 0.1) is 25.7 Å². The van der Waals surface area contributed by atoms with Crippen LogP contribution in [0.4, 0.5) is 0 Å². The lowest BCUT2D eigenvalue weighted by Crippen LogP contribution is -2.28. The molecule has 15 heavy (non-hydrogen) atoms. The Bertz CT molecular complexity index is 388. The predicted octanol–water partition coefficient (Wildman–Crippen LogP) is 1.62. The highest BCUT2D eigenvalue weighted by atomic mass is 15.2. The van der Waals surface area contributed by atoms with E-state index in [0.29, 0.717) is 6.42 Å². The van der Waals surface area contributed by atoms with Crippen LogP contribution in [0.15, 0.2) is 12.1 Å². The summed E-state index contributed by atoms with van der Waals surface area (Å²) < 4.78 is 0. The Kier molecular flexibility index (Phi) is 4.29. The van der Waals surface area contributed by atoms with Gasteiger partial charge in [-0.2, -0.15) is 0 Å². The van der Waals surface area contributed by atoms with Crippen LogP contribution in [-0.4, -0.2) is 4.98 Å². The molecular formula is C12H17N3. The number of hydrazine groups is 1. The summed E-state index contributed by atoms with van der Waals surface area (Å²) in [6.45, 7) is 5.80. The summed E-state index contributed by atoms with van der Waals surface area (Å²) in [4.78, 5) is 4.41. The zero-order chi connectivity index (χ0) is 11.3. The lowest BCUT2D eigenvalue weighted by molar-refractivity contribution is 0.562. The maximum absolute atomic E-state index is 5.51. The number of aromatic nitrogens is 1. The van der Waals surface area contributed by atoms with E-state index in [1.165, 1.54) is 0 Å². The molecule has 0 spiro atoms. The Morgan fingerprint density at radius 2 is 2.20 bits per heavy atom. The third-order valence-corrected chi connectivity index (χ3v) is 2.33. The Labute approximate surface area is 91.1 Å². The van der Waals surface area contributed by atoms with Crippen molar-refractivity contribution in [1.29, 1.82) is 0 Å². The fraction of sp³-hybridized carbons (Fsp3) is 0.417. The van der Waals surface area contributed by atoms with Gasteiger partial charge < -0.3 is 0 Å². The number of nitrogens with zero attached hydrogens (tertiary/aromatic N) is 1. The van der Waals surface area contributed by atoms with Crippen LogP contribution in [0.2, 0.25) is 0 Å². The summed E-state index contributed by atoms with van der Waals surface area (Å²) in [6.07, 6.45) is 0.707. The van der Waals surface area contributed by atoms with Crippen molar-refractivity contribution in [2.24, 2.45) is 5.84 Å². The van der Waals surface area contributed by atoms with Gasteiger partial charge in [0.25, 0.3) is 0 Å². The molecule has 3 nitrogen and oxygen atoms in total. The largest absolute Gasteiger partial charge is 0.271 e. The van der Waals surface area contributed by atoms with Gasteiger partial charge in [0.05, 0.1) is 6.04 Å². The van der Waals surface area contributed by atoms with Crippen molar-refractivity contribution in [2.75, 3.05) is 0 Å². The van der Waals surface area contributed by atoms with E-state index in [1.807, 2.05) is 26.8 Å². The monoisotopic (exact) mass is 203 g/mol. The van der Waals surface area contributed by atoms with E-state index in [0.717, 1.165) is 17.0 Å². The number of nitrogens with two attached hydrogens (primary N) is 1. The molecule has 1 atom stereocenters. The molecule has 1 rings (SSSR count). The lowest BCUT2D eigenvalue weighted by Gasteiger charge is -2.15. The predicted molar refractivity (Wildman–Crippen MR) is 61.8 cm³/mol. The molecule has 0 amide bonds. The van der Waals surface area contributed by atoms with Gasteiger partial charge in [0.2, 0.25) is 0 Å². The Morgan fingerprint density at radius 1 is 1.47 bits per heavy atom. The molecule has 0 bridgehead atoms. The van der Waals surface area contributed by atoms with Gasteiger partial charge in [-0.05, 0) is 32.4 Å². The first-order chi connectivity index (χ1) is 7.19. The van der Waals surface area contributed by atoms with Gasteiger partial charge >= 0.3 is 0 Å². The van der Waals surface area contributed by atoms with Crippen molar-refractivity contribution in [3.05, 3.63) is 29.1 Å². The first-order valence-electron chi connectivity index (χ1n) is 4.99. The second kappa shape index (κ2) is 5.50. The van der Waals surface area contributed by atoms with Crippen LogP contribution in [0.25, 0.3) is 0 Å². The molecule has 0 fully saturated rings. The molecular weight excluding hydrogens is 186 g/mol. The number of nitrogens with one attached hydrogen (secondary N) is 1. The normalized spacial score (nSPS) is 11.7. The molecule has 3 N–H and O–H groups in total. The zero-order valence-electron chi connectivity index (χ0n) is 9.46. The van der Waals surface area contributed by atoms with Gasteiger partial charge in [-0.1, -0.05) is 6.07 Å². The molecule has 0 aliphatic heterocycles. The van der Waals surface area contributed by atoms with Gasteiger partial charge in [-0.3, -0.25) is 16.3 Å². The third-order valence-electron chi connectivity index (χ3n) is 2.33. The van der Waals surface area contributed by atoms with Crippen molar-refractivity contribution in [2.45, 2.75) is 33.2 Å². The average Bonchev–Trinajstić information content (AvgIpc) is 2.21. The number of pyridine rings is 1. The lowest BCUT2D eigenvalue weighted by atomic mass is 10.0. The summed E-state index contributed by atoms with van der Waals surface area (Å²) in [5.74, 6) is 11.4. The highest BCUT2D eigenvalue weighted by molar-refractivity contribution is 5.26. The van der Waals surface area contributed by atoms with E-state index >= 15 is 0 Å². The molecule has 0 aliphatic rings. The van der Waals surface area contributed by atoms with Crippen LogP contribution in [0.1, 0.15) is 36.3 Å². The highest BCUT2D eigenvalue weighted by Crippen LogP contribution is 2.18. The average molecular weight is 203 g/mol. The maximum Gasteiger partial charge on any atom is 0.0587 e. The van der Waals surface area contributed by atoms with Gasteiger partial charge in [-0.15, -0.1) is 11.8 Å². The van der Waals surface area contributed by atoms with Crippen molar-refractivity contribution < 1.29 is 0 Å². The van der Waals surface area contributed by atoms with E-state index in [1.54, 1.807) is 0 Å². The van der Waals surface area contributed by atoms with E-state index in [-0.39, 0.29) is 6.04 Å². The maximum atomic E-state index is 5.51. The summed E-state index contributed by atoms with van der Waals surface area (Å²) in [6, 6.07) is 4.11. The third kappa shape index (κ3) is 3.05. The number of hydrogen-bond acceptors (Lipinski definition) is 3. The summed E-state index contributed by atoms with van der Waals surface area (Å²) in [5.41, 5.74) is 5.92. The summed E-state index contributed by atoms with van der Waals surface area (Å²) >= 11 is 0. The van der Waals surface area contributed by atoms with Crippen molar-refractivity contribution in [3.8, 4) is 11.8 Å². The second-order valence-electron chi connectivity index (χ2n) is 3.48. The topological polar surface area (TPSA) is 50.9 Å². The second-order valence-corrected chi connectivity index (χ2v) is 3.48. The van der Waals surface area contributed by atoms with E-state index in [9.17, 15) is 0 Å². The number of rotatable bonds is 3. The fourth-order valence-electron chi connectivity index (χ4n) is 1.53. The zero-order valence-corrected chi connectivity index (χ0v) is 9.46. The molecule has 80 valence electrons. The Morgan fingerprint density at radius 3 is 2.73 bits per heavy atom. The summed E-state index contributed by atoms with van der Waals surface area (Å²) in [5, 5.41) is 0. The molecule has 0 radical (unpaired) electrons. The van der Waals surface area contributed by atoms with Crippen molar-refractivity contribution in [3.63, 3.8) is 0 Å². The minimum atomic E-state index is 0.0607. The van der Waals surface area contributed by atoms with Gasteiger partial charge in [0.15, 0.2) is 0 Å². The molecule has 1 aromatic heterocycles. The standard InChI is InChI=1S/C12H17N3/c1-4-5-6-12(15-13)11-8-7-9(2)14-10(11)3/h7-8,12,15H,6,13H2,1-3H3. The van der Waals surface area contributed by atoms with Gasteiger partial charge in [0, 0.05) is 17.8 Å². The van der Waals surface area contributed by atoms with E-state index < -0.39 is 0 Å². The number of hydrogen-bond donors (Lipinski definition) is 2. The van der Waals surface area contributed by atoms with Crippen molar-refractivity contribution >= 4 is 0 Å². The fourth-order valence-corrected chi connectivity index (χ4v) is 1.53. The minimum absolute atomic E-state index is 0.0607. The first-order valence-corrected chi connectivity index (χ1v) is 4.99. The Hall–Kier alpha value is -1.37. The molecule has 3 heteroatoms. The molecule has 0 saturated heterocycles. The molecule has 0 aliphatic carbocycles. The molecule has 0 saturated carbocycles. The van der Waals surface area contributed by atoms with Gasteiger partial charge in [0.1, 0.15) is 0 Å². The first kappa shape index (κ1) is 11.7. The summed E-state index contributed by atoms with van der Waals surface area (Å²) in [7, 11) is 0. The van der Waals surface area contributed by atoms with Crippen LogP contribution in [0.5, 0.6) is 0 Å². The van der Waals surface area contributed by atoms with E-state index in [2.05, 4.69) is 28.3 Å². The van der Waals surface area contributed by atoms with Crippen LogP contribution in [-0.2, 0) is 0 Å². The quantitative estimate of drug-likeness (QED) is 0.446. The minimum Gasteiger partial charge on any atom is -0.271 e. The number of aryl methyl sites for hydroxylation is 2. The van der Waals surface area contributed by atoms with E-state index in [4.69, 9.17) is 5.84 Å². The highest BCUT2D eigenvalue weighted by Gasteiger charge is 2.11. The molecule has 1 unspecified atom stereocenters. The smallest absolute Gasteiger partial charge is 0.0587 e.